The Hall–Kier alpha value is -3.61. The molecule has 0 aliphatic heterocycles. The van der Waals surface area contributed by atoms with Crippen LogP contribution >= 0.6 is 0 Å². The number of hydrogen-bond acceptors (Lipinski definition) is 6. The standard InChI is InChI=1S/C21H19NO6/c1-3-26-20(24)14-8-10-15(11-9-14)22-18(23)12-27-21(25)19-13(2)16-6-4-5-7-17(16)28-19/h4-11H,3,12H2,1-2H3,(H,22,23). The number of hydrogen-bond donors (Lipinski definition) is 1. The summed E-state index contributed by atoms with van der Waals surface area (Å²) in [7, 11) is 0. The van der Waals surface area contributed by atoms with E-state index in [1.54, 1.807) is 38.1 Å². The molecule has 0 bridgehead atoms. The summed E-state index contributed by atoms with van der Waals surface area (Å²) in [5.74, 6) is -1.57. The molecule has 1 heterocycles. The molecule has 0 unspecified atom stereocenters. The van der Waals surface area contributed by atoms with E-state index < -0.39 is 24.5 Å². The number of ether oxygens (including phenoxy) is 2. The molecule has 144 valence electrons. The summed E-state index contributed by atoms with van der Waals surface area (Å²) < 4.78 is 15.5. The van der Waals surface area contributed by atoms with Crippen LogP contribution in [-0.4, -0.2) is 31.1 Å². The van der Waals surface area contributed by atoms with Gasteiger partial charge in [-0.3, -0.25) is 4.79 Å². The predicted octanol–water partition coefficient (Wildman–Crippen LogP) is 3.71. The van der Waals surface area contributed by atoms with Gasteiger partial charge in [0.05, 0.1) is 12.2 Å². The molecule has 2 aromatic carbocycles. The van der Waals surface area contributed by atoms with Crippen molar-refractivity contribution in [1.29, 1.82) is 0 Å². The van der Waals surface area contributed by atoms with Gasteiger partial charge >= 0.3 is 11.9 Å². The molecule has 1 N–H and O–H groups in total. The zero-order valence-corrected chi connectivity index (χ0v) is 15.5. The minimum atomic E-state index is -0.707. The van der Waals surface area contributed by atoms with Crippen molar-refractivity contribution in [3.63, 3.8) is 0 Å². The first-order valence-electron chi connectivity index (χ1n) is 8.72. The quantitative estimate of drug-likeness (QED) is 0.654. The van der Waals surface area contributed by atoms with Crippen LogP contribution in [0.5, 0.6) is 0 Å². The van der Waals surface area contributed by atoms with Crippen molar-refractivity contribution in [3.8, 4) is 0 Å². The van der Waals surface area contributed by atoms with E-state index in [9.17, 15) is 14.4 Å². The molecule has 0 aliphatic rings. The molecule has 1 amide bonds. The Labute approximate surface area is 161 Å². The smallest absolute Gasteiger partial charge is 0.375 e. The van der Waals surface area contributed by atoms with Crippen LogP contribution in [0.3, 0.4) is 0 Å². The van der Waals surface area contributed by atoms with Crippen LogP contribution in [0.15, 0.2) is 52.9 Å². The Morgan fingerprint density at radius 1 is 0.964 bits per heavy atom. The maximum atomic E-state index is 12.2. The lowest BCUT2D eigenvalue weighted by Gasteiger charge is -2.07. The highest BCUT2D eigenvalue weighted by Gasteiger charge is 2.19. The molecule has 0 spiro atoms. The number of carbonyl (C=O) groups excluding carboxylic acids is 3. The first-order chi connectivity index (χ1) is 13.5. The molecule has 0 fully saturated rings. The fourth-order valence-corrected chi connectivity index (χ4v) is 2.67. The second kappa shape index (κ2) is 8.39. The minimum Gasteiger partial charge on any atom is -0.462 e. The maximum absolute atomic E-state index is 12.2. The fourth-order valence-electron chi connectivity index (χ4n) is 2.67. The molecule has 0 atom stereocenters. The van der Waals surface area contributed by atoms with Crippen molar-refractivity contribution in [3.05, 3.63) is 65.4 Å². The van der Waals surface area contributed by atoms with Crippen molar-refractivity contribution in [2.45, 2.75) is 13.8 Å². The Bertz CT molecular complexity index is 1020. The van der Waals surface area contributed by atoms with E-state index in [0.717, 1.165) is 5.39 Å². The number of para-hydroxylation sites is 1. The number of rotatable bonds is 6. The van der Waals surface area contributed by atoms with Gasteiger partial charge in [-0.05, 0) is 44.2 Å². The number of furan rings is 1. The third-order valence-corrected chi connectivity index (χ3v) is 4.04. The van der Waals surface area contributed by atoms with Crippen molar-refractivity contribution < 1.29 is 28.3 Å². The number of benzene rings is 2. The first-order valence-corrected chi connectivity index (χ1v) is 8.72. The summed E-state index contributed by atoms with van der Waals surface area (Å²) in [6, 6.07) is 13.5. The zero-order chi connectivity index (χ0) is 20.1. The van der Waals surface area contributed by atoms with Gasteiger partial charge < -0.3 is 19.2 Å². The normalized spacial score (nSPS) is 10.5. The van der Waals surface area contributed by atoms with Gasteiger partial charge in [0.2, 0.25) is 5.76 Å². The molecule has 7 heteroatoms. The van der Waals surface area contributed by atoms with Gasteiger partial charge in [-0.1, -0.05) is 18.2 Å². The van der Waals surface area contributed by atoms with E-state index in [2.05, 4.69) is 5.32 Å². The highest BCUT2D eigenvalue weighted by Crippen LogP contribution is 2.25. The Morgan fingerprint density at radius 2 is 1.68 bits per heavy atom. The van der Waals surface area contributed by atoms with Crippen LogP contribution in [-0.2, 0) is 14.3 Å². The highest BCUT2D eigenvalue weighted by molar-refractivity contribution is 5.98. The summed E-state index contributed by atoms with van der Waals surface area (Å²) >= 11 is 0. The van der Waals surface area contributed by atoms with E-state index in [1.807, 2.05) is 12.1 Å². The van der Waals surface area contributed by atoms with Crippen LogP contribution in [0.25, 0.3) is 11.0 Å². The molecular weight excluding hydrogens is 362 g/mol. The van der Waals surface area contributed by atoms with Crippen LogP contribution in [0.4, 0.5) is 5.69 Å². The molecule has 0 aliphatic carbocycles. The summed E-state index contributed by atoms with van der Waals surface area (Å²) in [6.45, 7) is 3.30. The third kappa shape index (κ3) is 4.20. The molecule has 3 aromatic rings. The largest absolute Gasteiger partial charge is 0.462 e. The van der Waals surface area contributed by atoms with Gasteiger partial charge in [-0.25, -0.2) is 9.59 Å². The van der Waals surface area contributed by atoms with Gasteiger partial charge in [0.25, 0.3) is 5.91 Å². The molecule has 1 aromatic heterocycles. The van der Waals surface area contributed by atoms with Crippen LogP contribution in [0.1, 0.15) is 33.4 Å². The lowest BCUT2D eigenvalue weighted by Crippen LogP contribution is -2.21. The number of aryl methyl sites for hydroxylation is 1. The number of nitrogens with one attached hydrogen (secondary N) is 1. The second-order valence-corrected chi connectivity index (χ2v) is 5.97. The van der Waals surface area contributed by atoms with Crippen LogP contribution in [0.2, 0.25) is 0 Å². The van der Waals surface area contributed by atoms with Gasteiger partial charge in [0.15, 0.2) is 6.61 Å². The molecule has 28 heavy (non-hydrogen) atoms. The number of anilines is 1. The minimum absolute atomic E-state index is 0.0767. The lowest BCUT2D eigenvalue weighted by molar-refractivity contribution is -0.119. The van der Waals surface area contributed by atoms with Crippen molar-refractivity contribution in [1.82, 2.24) is 0 Å². The first kappa shape index (κ1) is 19.2. The van der Waals surface area contributed by atoms with Crippen LogP contribution < -0.4 is 5.32 Å². The number of esters is 2. The monoisotopic (exact) mass is 381 g/mol. The second-order valence-electron chi connectivity index (χ2n) is 5.97. The van der Waals surface area contributed by atoms with Gasteiger partial charge in [0, 0.05) is 16.6 Å². The van der Waals surface area contributed by atoms with E-state index in [0.29, 0.717) is 22.4 Å². The van der Waals surface area contributed by atoms with Crippen molar-refractivity contribution in [2.75, 3.05) is 18.5 Å². The Balaban J connectivity index is 1.57. The third-order valence-electron chi connectivity index (χ3n) is 4.04. The van der Waals surface area contributed by atoms with Crippen molar-refractivity contribution >= 4 is 34.5 Å². The van der Waals surface area contributed by atoms with Crippen molar-refractivity contribution in [2.24, 2.45) is 0 Å². The molecule has 3 rings (SSSR count). The average Bonchev–Trinajstić information content (AvgIpc) is 3.04. The predicted molar refractivity (Wildman–Crippen MR) is 102 cm³/mol. The average molecular weight is 381 g/mol. The highest BCUT2D eigenvalue weighted by atomic mass is 16.5. The van der Waals surface area contributed by atoms with E-state index in [1.165, 1.54) is 12.1 Å². The summed E-state index contributed by atoms with van der Waals surface area (Å²) in [6.07, 6.45) is 0. The van der Waals surface area contributed by atoms with Gasteiger partial charge in [-0.2, -0.15) is 0 Å². The molecule has 7 nitrogen and oxygen atoms in total. The lowest BCUT2D eigenvalue weighted by atomic mass is 10.1. The summed E-state index contributed by atoms with van der Waals surface area (Å²) in [5, 5.41) is 3.41. The molecular formula is C21H19NO6. The van der Waals surface area contributed by atoms with E-state index in [4.69, 9.17) is 13.9 Å². The van der Waals surface area contributed by atoms with Gasteiger partial charge in [0.1, 0.15) is 5.58 Å². The van der Waals surface area contributed by atoms with E-state index >= 15 is 0 Å². The zero-order valence-electron chi connectivity index (χ0n) is 15.5. The molecule has 0 saturated carbocycles. The number of amides is 1. The number of fused-ring (bicyclic) bond motifs is 1. The Kier molecular flexibility index (Phi) is 5.74. The Morgan fingerprint density at radius 3 is 2.36 bits per heavy atom. The fraction of sp³-hybridized carbons (Fsp3) is 0.190. The summed E-state index contributed by atoms with van der Waals surface area (Å²) in [4.78, 5) is 35.8. The summed E-state index contributed by atoms with van der Waals surface area (Å²) in [5.41, 5.74) is 2.09. The van der Waals surface area contributed by atoms with Gasteiger partial charge in [-0.15, -0.1) is 0 Å². The molecule has 0 saturated heterocycles. The SMILES string of the molecule is CCOC(=O)c1ccc(NC(=O)COC(=O)c2oc3ccccc3c2C)cc1. The van der Waals surface area contributed by atoms with E-state index in [-0.39, 0.29) is 12.4 Å². The maximum Gasteiger partial charge on any atom is 0.375 e. The number of carbonyl (C=O) groups is 3. The van der Waals surface area contributed by atoms with Crippen LogP contribution in [0, 0.1) is 6.92 Å². The topological polar surface area (TPSA) is 94.8 Å². The molecule has 0 radical (unpaired) electrons.